The smallest absolute Gasteiger partial charge is 0.127 e. The van der Waals surface area contributed by atoms with Crippen LogP contribution in [0.15, 0.2) is 60.8 Å². The van der Waals surface area contributed by atoms with Gasteiger partial charge in [0.2, 0.25) is 0 Å². The third-order valence-corrected chi connectivity index (χ3v) is 3.61. The van der Waals surface area contributed by atoms with Crippen molar-refractivity contribution in [3.8, 4) is 5.75 Å². The quantitative estimate of drug-likeness (QED) is 0.784. The first-order chi connectivity index (χ1) is 10.2. The zero-order valence-electron chi connectivity index (χ0n) is 12.0. The number of nitrogens with two attached hydrogens (primary N) is 1. The predicted molar refractivity (Wildman–Crippen MR) is 86.5 cm³/mol. The molecule has 0 saturated carbocycles. The van der Waals surface area contributed by atoms with E-state index in [9.17, 15) is 0 Å². The lowest BCUT2D eigenvalue weighted by Crippen LogP contribution is -2.08. The van der Waals surface area contributed by atoms with Crippen LogP contribution in [0.25, 0.3) is 10.8 Å². The number of benzene rings is 2. The van der Waals surface area contributed by atoms with Crippen molar-refractivity contribution in [3.05, 3.63) is 66.4 Å². The molecule has 2 aromatic carbocycles. The van der Waals surface area contributed by atoms with E-state index in [0.29, 0.717) is 12.4 Å². The Morgan fingerprint density at radius 3 is 2.76 bits per heavy atom. The Labute approximate surface area is 124 Å². The summed E-state index contributed by atoms with van der Waals surface area (Å²) in [5.41, 5.74) is 6.87. The average Bonchev–Trinajstić information content (AvgIpc) is 2.52. The van der Waals surface area contributed by atoms with Gasteiger partial charge in [0.05, 0.1) is 6.61 Å². The molecule has 106 valence electrons. The molecular weight excluding hydrogens is 260 g/mol. The monoisotopic (exact) mass is 278 g/mol. The van der Waals surface area contributed by atoms with Crippen LogP contribution in [-0.4, -0.2) is 11.6 Å². The zero-order chi connectivity index (χ0) is 14.7. The van der Waals surface area contributed by atoms with Gasteiger partial charge >= 0.3 is 0 Å². The third-order valence-electron chi connectivity index (χ3n) is 3.61. The first-order valence-corrected chi connectivity index (χ1v) is 7.06. The molecule has 0 aliphatic carbocycles. The largest absolute Gasteiger partial charge is 0.492 e. The molecule has 0 aliphatic heterocycles. The van der Waals surface area contributed by atoms with Crippen LogP contribution >= 0.6 is 0 Å². The Kier molecular flexibility index (Phi) is 3.73. The highest BCUT2D eigenvalue weighted by molar-refractivity contribution is 5.88. The highest BCUT2D eigenvalue weighted by Gasteiger charge is 2.08. The van der Waals surface area contributed by atoms with Crippen LogP contribution in [-0.2, 0) is 0 Å². The fourth-order valence-corrected chi connectivity index (χ4v) is 2.40. The summed E-state index contributed by atoms with van der Waals surface area (Å²) in [6.45, 7) is 2.73. The summed E-state index contributed by atoms with van der Waals surface area (Å²) >= 11 is 0. The third kappa shape index (κ3) is 2.97. The number of nitrogens with zero attached hydrogens (tertiary/aromatic N) is 1. The molecule has 3 nitrogen and oxygen atoms in total. The van der Waals surface area contributed by atoms with Crippen molar-refractivity contribution in [2.24, 2.45) is 0 Å². The summed E-state index contributed by atoms with van der Waals surface area (Å²) in [4.78, 5) is 4.02. The first kappa shape index (κ1) is 13.4. The van der Waals surface area contributed by atoms with Crippen LogP contribution in [0.2, 0.25) is 0 Å². The highest BCUT2D eigenvalue weighted by Crippen LogP contribution is 2.26. The molecule has 1 unspecified atom stereocenters. The Morgan fingerprint density at radius 2 is 1.90 bits per heavy atom. The number of hydrogen-bond acceptors (Lipinski definition) is 3. The molecule has 1 atom stereocenters. The van der Waals surface area contributed by atoms with Crippen LogP contribution in [0.5, 0.6) is 5.75 Å². The van der Waals surface area contributed by atoms with Crippen LogP contribution in [0.4, 0.5) is 5.82 Å². The number of anilines is 1. The number of pyridine rings is 1. The molecule has 1 aromatic heterocycles. The Morgan fingerprint density at radius 1 is 1.10 bits per heavy atom. The first-order valence-electron chi connectivity index (χ1n) is 7.06. The molecule has 0 bridgehead atoms. The maximum absolute atomic E-state index is 6.01. The molecule has 0 radical (unpaired) electrons. The van der Waals surface area contributed by atoms with Crippen molar-refractivity contribution in [1.29, 1.82) is 0 Å². The maximum Gasteiger partial charge on any atom is 0.127 e. The zero-order valence-corrected chi connectivity index (χ0v) is 12.0. The SMILES string of the molecule is CC(COc1cccc2ccccc12)c1ccnc(N)c1. The van der Waals surface area contributed by atoms with Crippen molar-refractivity contribution in [3.63, 3.8) is 0 Å². The van der Waals surface area contributed by atoms with Gasteiger partial charge in [0.25, 0.3) is 0 Å². The Bertz CT molecular complexity index is 750. The molecule has 1 heterocycles. The Hall–Kier alpha value is -2.55. The molecule has 21 heavy (non-hydrogen) atoms. The molecule has 0 amide bonds. The number of aromatic nitrogens is 1. The second kappa shape index (κ2) is 5.83. The van der Waals surface area contributed by atoms with Crippen molar-refractivity contribution in [1.82, 2.24) is 4.98 Å². The van der Waals surface area contributed by atoms with Crippen LogP contribution in [0.1, 0.15) is 18.4 Å². The number of ether oxygens (including phenoxy) is 1. The standard InChI is InChI=1S/C18H18N2O/c1-13(15-9-10-20-18(19)11-15)12-21-17-8-4-6-14-5-2-3-7-16(14)17/h2-11,13H,12H2,1H3,(H2,19,20). The normalized spacial score (nSPS) is 12.2. The number of fused-ring (bicyclic) bond motifs is 1. The van der Waals surface area contributed by atoms with E-state index in [-0.39, 0.29) is 5.92 Å². The van der Waals surface area contributed by atoms with E-state index >= 15 is 0 Å². The maximum atomic E-state index is 6.01. The van der Waals surface area contributed by atoms with Gasteiger partial charge in [-0.05, 0) is 29.1 Å². The van der Waals surface area contributed by atoms with Gasteiger partial charge in [-0.25, -0.2) is 4.98 Å². The van der Waals surface area contributed by atoms with E-state index in [1.807, 2.05) is 36.4 Å². The van der Waals surface area contributed by atoms with E-state index < -0.39 is 0 Å². The predicted octanol–water partition coefficient (Wildman–Crippen LogP) is 4.00. The minimum absolute atomic E-state index is 0.259. The van der Waals surface area contributed by atoms with Crippen LogP contribution in [0, 0.1) is 0 Å². The lowest BCUT2D eigenvalue weighted by atomic mass is 10.0. The summed E-state index contributed by atoms with van der Waals surface area (Å²) < 4.78 is 6.01. The summed E-state index contributed by atoms with van der Waals surface area (Å²) in [6, 6.07) is 18.2. The molecule has 0 fully saturated rings. The summed E-state index contributed by atoms with van der Waals surface area (Å²) in [7, 11) is 0. The van der Waals surface area contributed by atoms with E-state index in [1.165, 1.54) is 5.39 Å². The molecular formula is C18H18N2O. The number of hydrogen-bond donors (Lipinski definition) is 1. The van der Waals surface area contributed by atoms with Crippen LogP contribution in [0.3, 0.4) is 0 Å². The van der Waals surface area contributed by atoms with Gasteiger partial charge in [-0.1, -0.05) is 43.3 Å². The van der Waals surface area contributed by atoms with E-state index in [4.69, 9.17) is 10.5 Å². The number of rotatable bonds is 4. The minimum Gasteiger partial charge on any atom is -0.492 e. The van der Waals surface area contributed by atoms with Crippen molar-refractivity contribution >= 4 is 16.6 Å². The molecule has 3 rings (SSSR count). The Balaban J connectivity index is 1.77. The summed E-state index contributed by atoms with van der Waals surface area (Å²) in [5.74, 6) is 1.72. The van der Waals surface area contributed by atoms with E-state index in [0.717, 1.165) is 16.7 Å². The molecule has 2 N–H and O–H groups in total. The van der Waals surface area contributed by atoms with Gasteiger partial charge in [0.1, 0.15) is 11.6 Å². The fourth-order valence-electron chi connectivity index (χ4n) is 2.40. The van der Waals surface area contributed by atoms with Gasteiger partial charge in [0.15, 0.2) is 0 Å². The van der Waals surface area contributed by atoms with Gasteiger partial charge < -0.3 is 10.5 Å². The van der Waals surface area contributed by atoms with Crippen molar-refractivity contribution < 1.29 is 4.74 Å². The van der Waals surface area contributed by atoms with Gasteiger partial charge in [-0.2, -0.15) is 0 Å². The highest BCUT2D eigenvalue weighted by atomic mass is 16.5. The van der Waals surface area contributed by atoms with E-state index in [1.54, 1.807) is 6.20 Å². The average molecular weight is 278 g/mol. The lowest BCUT2D eigenvalue weighted by molar-refractivity contribution is 0.299. The molecule has 0 aliphatic rings. The summed E-state index contributed by atoms with van der Waals surface area (Å²) in [6.07, 6.45) is 1.74. The second-order valence-corrected chi connectivity index (χ2v) is 5.20. The minimum atomic E-state index is 0.259. The summed E-state index contributed by atoms with van der Waals surface area (Å²) in [5, 5.41) is 2.33. The van der Waals surface area contributed by atoms with E-state index in [2.05, 4.69) is 30.1 Å². The fraction of sp³-hybridized carbons (Fsp3) is 0.167. The second-order valence-electron chi connectivity index (χ2n) is 5.20. The van der Waals surface area contributed by atoms with Gasteiger partial charge in [-0.3, -0.25) is 0 Å². The number of nitrogen functional groups attached to an aromatic ring is 1. The lowest BCUT2D eigenvalue weighted by Gasteiger charge is -2.15. The van der Waals surface area contributed by atoms with Gasteiger partial charge in [-0.15, -0.1) is 0 Å². The molecule has 3 heteroatoms. The van der Waals surface area contributed by atoms with Gasteiger partial charge in [0, 0.05) is 17.5 Å². The topological polar surface area (TPSA) is 48.1 Å². The molecule has 3 aromatic rings. The van der Waals surface area contributed by atoms with Crippen molar-refractivity contribution in [2.75, 3.05) is 12.3 Å². The van der Waals surface area contributed by atoms with Crippen molar-refractivity contribution in [2.45, 2.75) is 12.8 Å². The molecule has 0 spiro atoms. The molecule has 0 saturated heterocycles. The van der Waals surface area contributed by atoms with Crippen LogP contribution < -0.4 is 10.5 Å².